The van der Waals surface area contributed by atoms with E-state index in [2.05, 4.69) is 20.9 Å². The van der Waals surface area contributed by atoms with Crippen LogP contribution in [0.3, 0.4) is 0 Å². The molecule has 1 unspecified atom stereocenters. The Morgan fingerprint density at radius 3 is 2.56 bits per heavy atom. The lowest BCUT2D eigenvalue weighted by Crippen LogP contribution is -2.41. The lowest BCUT2D eigenvalue weighted by atomic mass is 10.2. The van der Waals surface area contributed by atoms with Gasteiger partial charge in [-0.2, -0.15) is 0 Å². The van der Waals surface area contributed by atoms with E-state index in [0.717, 1.165) is 13.0 Å². The summed E-state index contributed by atoms with van der Waals surface area (Å²) < 4.78 is 19.0. The lowest BCUT2D eigenvalue weighted by Gasteiger charge is -2.17. The van der Waals surface area contributed by atoms with Crippen molar-refractivity contribution in [2.24, 2.45) is 4.99 Å². The molecule has 0 aromatic heterocycles. The Morgan fingerprint density at radius 1 is 1.24 bits per heavy atom. The number of hydrogen-bond donors (Lipinski definition) is 3. The second-order valence-corrected chi connectivity index (χ2v) is 5.23. The molecule has 1 rings (SSSR count). The molecule has 1 aromatic rings. The molecule has 0 spiro atoms. The van der Waals surface area contributed by atoms with Gasteiger partial charge in [-0.1, -0.05) is 13.0 Å². The summed E-state index contributed by atoms with van der Waals surface area (Å²) in [5, 5.41) is 8.98. The molecule has 3 N–H and O–H groups in total. The van der Waals surface area contributed by atoms with Crippen molar-refractivity contribution in [3.63, 3.8) is 0 Å². The fraction of sp³-hybridized carbons (Fsp3) is 0.529. The average molecular weight is 466 g/mol. The number of benzene rings is 1. The van der Waals surface area contributed by atoms with Crippen LogP contribution >= 0.6 is 24.0 Å². The highest BCUT2D eigenvalue weighted by Crippen LogP contribution is 2.15. The van der Waals surface area contributed by atoms with Crippen LogP contribution in [-0.2, 0) is 4.79 Å². The molecule has 0 aliphatic heterocycles. The Balaban J connectivity index is 0.00000576. The number of rotatable bonds is 9. The molecule has 0 heterocycles. The van der Waals surface area contributed by atoms with Gasteiger partial charge in [0, 0.05) is 32.6 Å². The molecule has 1 amide bonds. The van der Waals surface area contributed by atoms with Crippen LogP contribution in [0.15, 0.2) is 29.3 Å². The summed E-state index contributed by atoms with van der Waals surface area (Å²) >= 11 is 0. The molecule has 0 aliphatic rings. The predicted molar refractivity (Wildman–Crippen MR) is 109 cm³/mol. The van der Waals surface area contributed by atoms with Crippen molar-refractivity contribution in [1.82, 2.24) is 16.0 Å². The lowest BCUT2D eigenvalue weighted by molar-refractivity contribution is -0.118. The van der Waals surface area contributed by atoms with E-state index in [4.69, 9.17) is 4.74 Å². The largest absolute Gasteiger partial charge is 0.488 e. The van der Waals surface area contributed by atoms with E-state index in [1.807, 2.05) is 13.8 Å². The summed E-state index contributed by atoms with van der Waals surface area (Å²) in [7, 11) is 0. The SMILES string of the molecule is CCNC(=NCC(CC)Oc1cccc(F)c1)NCCNC(C)=O.I. The van der Waals surface area contributed by atoms with Crippen molar-refractivity contribution in [2.45, 2.75) is 33.3 Å². The van der Waals surface area contributed by atoms with Gasteiger partial charge in [-0.25, -0.2) is 9.38 Å². The summed E-state index contributed by atoms with van der Waals surface area (Å²) in [4.78, 5) is 15.3. The number of aliphatic imine (C=N–C) groups is 1. The van der Waals surface area contributed by atoms with Gasteiger partial charge < -0.3 is 20.7 Å². The van der Waals surface area contributed by atoms with Gasteiger partial charge >= 0.3 is 0 Å². The molecule has 0 fully saturated rings. The van der Waals surface area contributed by atoms with Gasteiger partial charge in [0.25, 0.3) is 0 Å². The summed E-state index contributed by atoms with van der Waals surface area (Å²) in [6.45, 7) is 7.73. The van der Waals surface area contributed by atoms with E-state index in [9.17, 15) is 9.18 Å². The Kier molecular flexibility index (Phi) is 12.8. The zero-order valence-corrected chi connectivity index (χ0v) is 17.3. The molecule has 1 atom stereocenters. The van der Waals surface area contributed by atoms with Gasteiger partial charge in [-0.3, -0.25) is 4.79 Å². The maximum absolute atomic E-state index is 13.2. The fourth-order valence-corrected chi connectivity index (χ4v) is 1.94. The summed E-state index contributed by atoms with van der Waals surface area (Å²) in [5.74, 6) is 0.775. The number of carbonyl (C=O) groups is 1. The fourth-order valence-electron chi connectivity index (χ4n) is 1.94. The topological polar surface area (TPSA) is 74.8 Å². The second kappa shape index (κ2) is 13.7. The van der Waals surface area contributed by atoms with Crippen LogP contribution in [0.2, 0.25) is 0 Å². The Labute approximate surface area is 166 Å². The van der Waals surface area contributed by atoms with Crippen molar-refractivity contribution in [1.29, 1.82) is 0 Å². The maximum atomic E-state index is 13.2. The highest BCUT2D eigenvalue weighted by Gasteiger charge is 2.09. The Bertz CT molecular complexity index is 543. The first kappa shape index (κ1) is 23.4. The molecule has 6 nitrogen and oxygen atoms in total. The Morgan fingerprint density at radius 2 is 1.96 bits per heavy atom. The average Bonchev–Trinajstić information content (AvgIpc) is 2.54. The van der Waals surface area contributed by atoms with E-state index < -0.39 is 0 Å². The predicted octanol–water partition coefficient (Wildman–Crippen LogP) is 2.29. The minimum atomic E-state index is -0.321. The molecule has 1 aromatic carbocycles. The molecule has 142 valence electrons. The van der Waals surface area contributed by atoms with Gasteiger partial charge in [-0.15, -0.1) is 24.0 Å². The van der Waals surface area contributed by atoms with Crippen molar-refractivity contribution in [3.8, 4) is 5.75 Å². The number of guanidine groups is 1. The second-order valence-electron chi connectivity index (χ2n) is 5.23. The summed E-state index contributed by atoms with van der Waals surface area (Å²) in [6.07, 6.45) is 0.614. The molecule has 25 heavy (non-hydrogen) atoms. The number of nitrogens with one attached hydrogen (secondary N) is 3. The molecule has 0 saturated carbocycles. The Hall–Kier alpha value is -1.58. The molecule has 0 saturated heterocycles. The minimum absolute atomic E-state index is 0. The van der Waals surface area contributed by atoms with Crippen molar-refractivity contribution < 1.29 is 13.9 Å². The smallest absolute Gasteiger partial charge is 0.216 e. The normalized spacial score (nSPS) is 11.9. The minimum Gasteiger partial charge on any atom is -0.488 e. The number of ether oxygens (including phenoxy) is 1. The number of amides is 1. The van der Waals surface area contributed by atoms with Crippen molar-refractivity contribution in [3.05, 3.63) is 30.1 Å². The van der Waals surface area contributed by atoms with Gasteiger partial charge in [-0.05, 0) is 25.5 Å². The van der Waals surface area contributed by atoms with E-state index in [0.29, 0.717) is 31.3 Å². The zero-order valence-electron chi connectivity index (χ0n) is 15.0. The van der Waals surface area contributed by atoms with Crippen LogP contribution in [-0.4, -0.2) is 44.1 Å². The quantitative estimate of drug-likeness (QED) is 0.226. The number of carbonyl (C=O) groups excluding carboxylic acids is 1. The first-order valence-corrected chi connectivity index (χ1v) is 8.24. The molecule has 0 aliphatic carbocycles. The number of halogens is 2. The summed E-state index contributed by atoms with van der Waals surface area (Å²) in [5.41, 5.74) is 0. The third kappa shape index (κ3) is 10.8. The zero-order chi connectivity index (χ0) is 17.8. The van der Waals surface area contributed by atoms with E-state index in [1.54, 1.807) is 12.1 Å². The van der Waals surface area contributed by atoms with Crippen LogP contribution in [0.4, 0.5) is 4.39 Å². The number of hydrogen-bond acceptors (Lipinski definition) is 3. The van der Waals surface area contributed by atoms with E-state index >= 15 is 0 Å². The van der Waals surface area contributed by atoms with Crippen molar-refractivity contribution >= 4 is 35.8 Å². The van der Waals surface area contributed by atoms with E-state index in [1.165, 1.54) is 19.1 Å². The standard InChI is InChI=1S/C17H27FN4O2.HI/c1-4-15(24-16-8-6-7-14(18)11-16)12-22-17(19-5-2)21-10-9-20-13(3)23;/h6-8,11,15H,4-5,9-10,12H2,1-3H3,(H,20,23)(H2,19,21,22);1H. The molecule has 8 heteroatoms. The molecular weight excluding hydrogens is 438 g/mol. The van der Waals surface area contributed by atoms with Crippen LogP contribution in [0.1, 0.15) is 27.2 Å². The first-order valence-electron chi connectivity index (χ1n) is 8.24. The molecule has 0 radical (unpaired) electrons. The molecular formula is C17H28FIN4O2. The van der Waals surface area contributed by atoms with Gasteiger partial charge in [0.15, 0.2) is 5.96 Å². The molecule has 0 bridgehead atoms. The van der Waals surface area contributed by atoms with Gasteiger partial charge in [0.2, 0.25) is 5.91 Å². The monoisotopic (exact) mass is 466 g/mol. The first-order chi connectivity index (χ1) is 11.5. The van der Waals surface area contributed by atoms with Gasteiger partial charge in [0.1, 0.15) is 17.7 Å². The maximum Gasteiger partial charge on any atom is 0.216 e. The summed E-state index contributed by atoms with van der Waals surface area (Å²) in [6, 6.07) is 6.10. The highest BCUT2D eigenvalue weighted by molar-refractivity contribution is 14.0. The van der Waals surface area contributed by atoms with Crippen LogP contribution in [0.5, 0.6) is 5.75 Å². The van der Waals surface area contributed by atoms with E-state index in [-0.39, 0.29) is 41.8 Å². The highest BCUT2D eigenvalue weighted by atomic mass is 127. The number of nitrogens with zero attached hydrogens (tertiary/aromatic N) is 1. The van der Waals surface area contributed by atoms with Crippen LogP contribution in [0.25, 0.3) is 0 Å². The third-order valence-electron chi connectivity index (χ3n) is 3.14. The van der Waals surface area contributed by atoms with Crippen LogP contribution < -0.4 is 20.7 Å². The third-order valence-corrected chi connectivity index (χ3v) is 3.14. The van der Waals surface area contributed by atoms with Gasteiger partial charge in [0.05, 0.1) is 6.54 Å². The van der Waals surface area contributed by atoms with Crippen LogP contribution in [0, 0.1) is 5.82 Å². The van der Waals surface area contributed by atoms with Crippen molar-refractivity contribution in [2.75, 3.05) is 26.2 Å².